The lowest BCUT2D eigenvalue weighted by Crippen LogP contribution is -2.17. The summed E-state index contributed by atoms with van der Waals surface area (Å²) in [5, 5.41) is 0.815. The first-order valence-corrected chi connectivity index (χ1v) is 10.7. The van der Waals surface area contributed by atoms with Crippen LogP contribution in [0.25, 0.3) is 10.2 Å². The van der Waals surface area contributed by atoms with Crippen LogP contribution in [0.2, 0.25) is 0 Å². The minimum absolute atomic E-state index is 0.00363. The lowest BCUT2D eigenvalue weighted by molar-refractivity contribution is 0.509. The van der Waals surface area contributed by atoms with Gasteiger partial charge >= 0.3 is 0 Å². The number of nitrogens with one attached hydrogen (secondary N) is 1. The van der Waals surface area contributed by atoms with Crippen molar-refractivity contribution in [2.75, 3.05) is 0 Å². The number of rotatable bonds is 3. The average Bonchev–Trinajstić information content (AvgIpc) is 3.07. The van der Waals surface area contributed by atoms with Gasteiger partial charge in [0.15, 0.2) is 0 Å². The smallest absolute Gasteiger partial charge is 0.259 e. The molecule has 5 rings (SSSR count). The Balaban J connectivity index is 1.71. The van der Waals surface area contributed by atoms with E-state index in [1.54, 1.807) is 11.3 Å². The number of thiophene rings is 1. The van der Waals surface area contributed by atoms with Gasteiger partial charge in [-0.2, -0.15) is 0 Å². The Morgan fingerprint density at radius 1 is 1.04 bits per heavy atom. The van der Waals surface area contributed by atoms with E-state index < -0.39 is 0 Å². The first kappa shape index (κ1) is 17.4. The molecule has 1 aliphatic rings. The molecular weight excluding hydrogens is 364 g/mol. The largest absolute Gasteiger partial charge is 0.309 e. The molecule has 0 radical (unpaired) electrons. The van der Waals surface area contributed by atoms with Crippen LogP contribution in [0, 0.1) is 5.92 Å². The third-order valence-electron chi connectivity index (χ3n) is 5.72. The van der Waals surface area contributed by atoms with Crippen molar-refractivity contribution >= 4 is 21.6 Å². The molecule has 1 N–H and O–H groups in total. The number of nitrogens with zero attached hydrogens (tertiary/aromatic N) is 1. The molecule has 0 saturated heterocycles. The van der Waals surface area contributed by atoms with Crippen LogP contribution in [0.4, 0.5) is 0 Å². The Labute approximate surface area is 168 Å². The molecule has 4 aromatic rings. The van der Waals surface area contributed by atoms with E-state index in [2.05, 4.69) is 36.2 Å². The molecule has 0 aliphatic heterocycles. The van der Waals surface area contributed by atoms with E-state index in [1.807, 2.05) is 36.4 Å². The Bertz CT molecular complexity index is 1140. The second kappa shape index (κ2) is 7.02. The van der Waals surface area contributed by atoms with Gasteiger partial charge in [-0.25, -0.2) is 4.98 Å². The molecule has 2 heterocycles. The van der Waals surface area contributed by atoms with E-state index in [0.29, 0.717) is 5.92 Å². The number of benzene rings is 2. The predicted molar refractivity (Wildman–Crippen MR) is 115 cm³/mol. The van der Waals surface area contributed by atoms with E-state index in [4.69, 9.17) is 4.98 Å². The molecule has 0 fully saturated rings. The average molecular weight is 387 g/mol. The summed E-state index contributed by atoms with van der Waals surface area (Å²) in [7, 11) is 0. The number of aromatic nitrogens is 2. The number of H-pyrrole nitrogens is 1. The highest BCUT2D eigenvalue weighted by molar-refractivity contribution is 7.18. The van der Waals surface area contributed by atoms with Crippen molar-refractivity contribution in [1.82, 2.24) is 9.97 Å². The summed E-state index contributed by atoms with van der Waals surface area (Å²) < 4.78 is 0. The van der Waals surface area contributed by atoms with Crippen molar-refractivity contribution in [3.05, 3.63) is 98.4 Å². The van der Waals surface area contributed by atoms with Crippen molar-refractivity contribution in [3.8, 4) is 0 Å². The summed E-state index contributed by atoms with van der Waals surface area (Å²) in [4.78, 5) is 23.4. The Morgan fingerprint density at radius 3 is 2.32 bits per heavy atom. The van der Waals surface area contributed by atoms with Gasteiger partial charge in [0.1, 0.15) is 10.7 Å². The van der Waals surface area contributed by atoms with Crippen LogP contribution in [-0.4, -0.2) is 9.97 Å². The quantitative estimate of drug-likeness (QED) is 0.520. The van der Waals surface area contributed by atoms with E-state index in [0.717, 1.165) is 46.4 Å². The van der Waals surface area contributed by atoms with Gasteiger partial charge in [-0.05, 0) is 41.9 Å². The van der Waals surface area contributed by atoms with Crippen LogP contribution in [0.15, 0.2) is 65.5 Å². The molecule has 0 spiro atoms. The fourth-order valence-electron chi connectivity index (χ4n) is 4.30. The predicted octanol–water partition coefficient (Wildman–Crippen LogP) is 5.29. The second-order valence-corrected chi connectivity index (χ2v) is 8.82. The molecule has 1 unspecified atom stereocenters. The van der Waals surface area contributed by atoms with Gasteiger partial charge in [-0.1, -0.05) is 67.6 Å². The molecule has 140 valence electrons. The number of hydrogen-bond donors (Lipinski definition) is 1. The maximum absolute atomic E-state index is 13.1. The van der Waals surface area contributed by atoms with Gasteiger partial charge in [0.25, 0.3) is 5.56 Å². The van der Waals surface area contributed by atoms with Crippen LogP contribution in [0.5, 0.6) is 0 Å². The van der Waals surface area contributed by atoms with Crippen molar-refractivity contribution in [3.63, 3.8) is 0 Å². The Morgan fingerprint density at radius 2 is 1.68 bits per heavy atom. The normalized spacial score (nSPS) is 16.4. The molecule has 3 nitrogen and oxygen atoms in total. The molecule has 2 aromatic heterocycles. The number of fused-ring (bicyclic) bond motifs is 3. The van der Waals surface area contributed by atoms with Crippen LogP contribution in [0.1, 0.15) is 46.7 Å². The number of aryl methyl sites for hydroxylation is 1. The summed E-state index contributed by atoms with van der Waals surface area (Å²) in [6, 6.07) is 20.6. The lowest BCUT2D eigenvalue weighted by Gasteiger charge is -2.18. The van der Waals surface area contributed by atoms with Crippen molar-refractivity contribution in [2.24, 2.45) is 5.92 Å². The SMILES string of the molecule is CC1CCc2c(sc3nc(C(c4ccccc4)c4ccccc4)[nH]c(=O)c23)C1. The molecule has 1 atom stereocenters. The standard InChI is InChI=1S/C24H22N2OS/c1-15-12-13-18-19(14-15)28-24-21(18)23(27)25-22(26-24)20(16-8-4-2-5-9-16)17-10-6-3-7-11-17/h2-11,15,20H,12-14H2,1H3,(H,25,26,27). The maximum atomic E-state index is 13.1. The number of hydrogen-bond acceptors (Lipinski definition) is 3. The monoisotopic (exact) mass is 386 g/mol. The maximum Gasteiger partial charge on any atom is 0.259 e. The first-order chi connectivity index (χ1) is 13.7. The third kappa shape index (κ3) is 2.98. The zero-order valence-electron chi connectivity index (χ0n) is 15.8. The van der Waals surface area contributed by atoms with Crippen molar-refractivity contribution in [1.29, 1.82) is 0 Å². The van der Waals surface area contributed by atoms with Crippen LogP contribution in [-0.2, 0) is 12.8 Å². The Hall–Kier alpha value is -2.72. The molecule has 0 saturated carbocycles. The summed E-state index contributed by atoms with van der Waals surface area (Å²) >= 11 is 1.71. The minimum Gasteiger partial charge on any atom is -0.309 e. The summed E-state index contributed by atoms with van der Waals surface area (Å²) in [6.45, 7) is 2.29. The van der Waals surface area contributed by atoms with Gasteiger partial charge in [0.2, 0.25) is 0 Å². The zero-order valence-corrected chi connectivity index (χ0v) is 16.6. The minimum atomic E-state index is -0.0856. The van der Waals surface area contributed by atoms with Gasteiger partial charge in [-0.15, -0.1) is 11.3 Å². The highest BCUT2D eigenvalue weighted by atomic mass is 32.1. The lowest BCUT2D eigenvalue weighted by atomic mass is 9.89. The van der Waals surface area contributed by atoms with Gasteiger partial charge in [0.05, 0.1) is 11.3 Å². The van der Waals surface area contributed by atoms with Crippen LogP contribution in [0.3, 0.4) is 0 Å². The van der Waals surface area contributed by atoms with Crippen molar-refractivity contribution < 1.29 is 0 Å². The van der Waals surface area contributed by atoms with Gasteiger partial charge < -0.3 is 4.98 Å². The third-order valence-corrected chi connectivity index (χ3v) is 6.87. The molecule has 0 bridgehead atoms. The fraction of sp³-hybridized carbons (Fsp3) is 0.250. The van der Waals surface area contributed by atoms with E-state index in [9.17, 15) is 4.79 Å². The van der Waals surface area contributed by atoms with E-state index in [1.165, 1.54) is 10.4 Å². The fourth-order valence-corrected chi connectivity index (χ4v) is 5.69. The Kier molecular flexibility index (Phi) is 4.36. The van der Waals surface area contributed by atoms with Crippen LogP contribution >= 0.6 is 11.3 Å². The van der Waals surface area contributed by atoms with Gasteiger partial charge in [-0.3, -0.25) is 4.79 Å². The van der Waals surface area contributed by atoms with E-state index >= 15 is 0 Å². The van der Waals surface area contributed by atoms with Gasteiger partial charge in [0, 0.05) is 4.88 Å². The highest BCUT2D eigenvalue weighted by Gasteiger charge is 2.25. The van der Waals surface area contributed by atoms with Crippen LogP contribution < -0.4 is 5.56 Å². The summed E-state index contributed by atoms with van der Waals surface area (Å²) in [5.74, 6) is 1.32. The topological polar surface area (TPSA) is 45.8 Å². The highest BCUT2D eigenvalue weighted by Crippen LogP contribution is 2.37. The molecule has 4 heteroatoms. The molecule has 2 aromatic carbocycles. The first-order valence-electron chi connectivity index (χ1n) is 9.85. The second-order valence-electron chi connectivity index (χ2n) is 7.74. The van der Waals surface area contributed by atoms with Crippen molar-refractivity contribution in [2.45, 2.75) is 32.1 Å². The zero-order chi connectivity index (χ0) is 19.1. The molecule has 28 heavy (non-hydrogen) atoms. The molecule has 0 amide bonds. The number of aromatic amines is 1. The summed E-state index contributed by atoms with van der Waals surface area (Å²) in [6.07, 6.45) is 3.20. The molecule has 1 aliphatic carbocycles. The van der Waals surface area contributed by atoms with E-state index in [-0.39, 0.29) is 11.5 Å². The summed E-state index contributed by atoms with van der Waals surface area (Å²) in [5.41, 5.74) is 3.50. The molecular formula is C24H22N2OS.